The highest BCUT2D eigenvalue weighted by molar-refractivity contribution is 5.96. The third kappa shape index (κ3) is 4.18. The Balaban J connectivity index is 1.14. The quantitative estimate of drug-likeness (QED) is 0.361. The van der Waals surface area contributed by atoms with Gasteiger partial charge in [0.2, 0.25) is 5.91 Å². The van der Waals surface area contributed by atoms with Gasteiger partial charge in [0.05, 0.1) is 24.5 Å². The fraction of sp³-hybridized carbons (Fsp3) is 0.310. The first kappa shape index (κ1) is 24.1. The minimum Gasteiger partial charge on any atom is -0.390 e. The Morgan fingerprint density at radius 2 is 1.97 bits per heavy atom. The Morgan fingerprint density at radius 1 is 1.16 bits per heavy atom. The number of primary amides is 1. The van der Waals surface area contributed by atoms with Crippen molar-refractivity contribution >= 4 is 22.6 Å². The van der Waals surface area contributed by atoms with E-state index in [2.05, 4.69) is 56.1 Å². The molecule has 4 aromatic rings. The van der Waals surface area contributed by atoms with Gasteiger partial charge in [-0.05, 0) is 59.9 Å². The number of carbonyl (C=O) groups is 1. The fourth-order valence-corrected chi connectivity index (χ4v) is 5.89. The summed E-state index contributed by atoms with van der Waals surface area (Å²) >= 11 is 0. The van der Waals surface area contributed by atoms with E-state index in [9.17, 15) is 9.90 Å². The number of aromatic nitrogens is 4. The van der Waals surface area contributed by atoms with Gasteiger partial charge in [0.25, 0.3) is 0 Å². The molecule has 9 heteroatoms. The standard InChI is InChI=1S/C29H29N7O2/c30-26-23-6-2-1-4-20(23)15-29(26)9-12-35(13-10-29)28-24(18-37)34-22(17-32-28)5-3-11-36-25-8-7-19(27(31)38)14-21(25)16-33-36/h1-2,4,6-8,14,16-17,26,37H,9-13,15,18,30H2,(H2,31,38)/t26-/m1/s1. The lowest BCUT2D eigenvalue weighted by Crippen LogP contribution is -2.45. The molecular formula is C29H29N7O2. The minimum atomic E-state index is -0.474. The van der Waals surface area contributed by atoms with Gasteiger partial charge in [-0.1, -0.05) is 30.2 Å². The van der Waals surface area contributed by atoms with Gasteiger partial charge in [-0.2, -0.15) is 5.10 Å². The second-order valence-electron chi connectivity index (χ2n) is 10.1. The number of aliphatic hydroxyl groups is 1. The summed E-state index contributed by atoms with van der Waals surface area (Å²) in [7, 11) is 0. The number of rotatable bonds is 4. The van der Waals surface area contributed by atoms with Crippen LogP contribution < -0.4 is 16.4 Å². The first-order chi connectivity index (χ1) is 18.5. The van der Waals surface area contributed by atoms with E-state index in [1.54, 1.807) is 29.2 Å². The van der Waals surface area contributed by atoms with Crippen LogP contribution in [0, 0.1) is 17.3 Å². The van der Waals surface area contributed by atoms with Crippen molar-refractivity contribution in [1.82, 2.24) is 19.7 Å². The van der Waals surface area contributed by atoms with Crippen molar-refractivity contribution in [1.29, 1.82) is 0 Å². The number of nitrogens with two attached hydrogens (primary N) is 2. The summed E-state index contributed by atoms with van der Waals surface area (Å²) in [4.78, 5) is 22.8. The predicted octanol–water partition coefficient (Wildman–Crippen LogP) is 2.31. The topological polar surface area (TPSA) is 136 Å². The molecule has 1 saturated heterocycles. The van der Waals surface area contributed by atoms with Crippen molar-refractivity contribution in [2.24, 2.45) is 16.9 Å². The highest BCUT2D eigenvalue weighted by atomic mass is 16.3. The van der Waals surface area contributed by atoms with Gasteiger partial charge in [-0.15, -0.1) is 0 Å². The van der Waals surface area contributed by atoms with Crippen molar-refractivity contribution in [3.63, 3.8) is 0 Å². The summed E-state index contributed by atoms with van der Waals surface area (Å²) in [5, 5.41) is 15.2. The Kier molecular flexibility index (Phi) is 6.06. The smallest absolute Gasteiger partial charge is 0.248 e. The van der Waals surface area contributed by atoms with E-state index in [1.165, 1.54) is 11.1 Å². The van der Waals surface area contributed by atoms with E-state index in [0.717, 1.165) is 43.3 Å². The number of amides is 1. The van der Waals surface area contributed by atoms with Crippen LogP contribution in [0.25, 0.3) is 10.9 Å². The van der Waals surface area contributed by atoms with Crippen LogP contribution in [-0.4, -0.2) is 43.9 Å². The first-order valence-corrected chi connectivity index (χ1v) is 12.8. The minimum absolute atomic E-state index is 0.0546. The SMILES string of the molecule is NC(=O)c1ccc2c(cnn2CC#Cc2cnc(N3CCC4(CC3)Cc3ccccc3[C@H]4N)c(CO)n2)c1. The molecule has 3 heterocycles. The third-order valence-electron chi connectivity index (χ3n) is 8.00. The molecule has 2 aromatic heterocycles. The molecule has 1 aliphatic heterocycles. The number of hydrogen-bond donors (Lipinski definition) is 3. The van der Waals surface area contributed by atoms with Crippen molar-refractivity contribution in [2.75, 3.05) is 18.0 Å². The summed E-state index contributed by atoms with van der Waals surface area (Å²) in [5.41, 5.74) is 17.1. The zero-order valence-electron chi connectivity index (χ0n) is 21.0. The van der Waals surface area contributed by atoms with E-state index in [1.807, 2.05) is 6.07 Å². The fourth-order valence-electron chi connectivity index (χ4n) is 5.89. The third-order valence-corrected chi connectivity index (χ3v) is 8.00. The summed E-state index contributed by atoms with van der Waals surface area (Å²) in [5.74, 6) is 6.34. The van der Waals surface area contributed by atoms with Crippen molar-refractivity contribution in [3.8, 4) is 11.8 Å². The van der Waals surface area contributed by atoms with E-state index in [0.29, 0.717) is 29.3 Å². The number of aliphatic hydroxyl groups excluding tert-OH is 1. The summed E-state index contributed by atoms with van der Waals surface area (Å²) < 4.78 is 1.75. The van der Waals surface area contributed by atoms with Crippen molar-refractivity contribution < 1.29 is 9.90 Å². The van der Waals surface area contributed by atoms with Gasteiger partial charge in [-0.3, -0.25) is 9.48 Å². The van der Waals surface area contributed by atoms with Crippen LogP contribution >= 0.6 is 0 Å². The molecule has 192 valence electrons. The van der Waals surface area contributed by atoms with Crippen LogP contribution in [0.2, 0.25) is 0 Å². The highest BCUT2D eigenvalue weighted by Crippen LogP contribution is 2.51. The van der Waals surface area contributed by atoms with Crippen molar-refractivity contribution in [2.45, 2.75) is 38.5 Å². The molecule has 1 amide bonds. The molecule has 2 aliphatic rings. The van der Waals surface area contributed by atoms with Gasteiger partial charge in [0, 0.05) is 30.1 Å². The van der Waals surface area contributed by atoms with E-state index in [-0.39, 0.29) is 18.1 Å². The second-order valence-corrected chi connectivity index (χ2v) is 10.1. The number of benzene rings is 2. The zero-order chi connectivity index (χ0) is 26.3. The lowest BCUT2D eigenvalue weighted by molar-refractivity contribution is 0.100. The molecule has 1 aliphatic carbocycles. The lowest BCUT2D eigenvalue weighted by atomic mass is 9.73. The Hall–Kier alpha value is -4.26. The predicted molar refractivity (Wildman–Crippen MR) is 144 cm³/mol. The molecule has 6 rings (SSSR count). The molecule has 0 unspecified atom stereocenters. The largest absolute Gasteiger partial charge is 0.390 e. The Morgan fingerprint density at radius 3 is 2.74 bits per heavy atom. The molecule has 0 bridgehead atoms. The normalized spacial score (nSPS) is 17.8. The average molecular weight is 508 g/mol. The van der Waals surface area contributed by atoms with Crippen LogP contribution in [0.3, 0.4) is 0 Å². The maximum atomic E-state index is 11.4. The van der Waals surface area contributed by atoms with Gasteiger partial charge in [-0.25, -0.2) is 9.97 Å². The number of nitrogens with zero attached hydrogens (tertiary/aromatic N) is 5. The number of carbonyl (C=O) groups excluding carboxylic acids is 1. The van der Waals surface area contributed by atoms with Crippen molar-refractivity contribution in [3.05, 3.63) is 82.9 Å². The maximum Gasteiger partial charge on any atom is 0.248 e. The Bertz CT molecular complexity index is 1590. The van der Waals surface area contributed by atoms with Crippen LogP contribution in [0.1, 0.15) is 51.8 Å². The van der Waals surface area contributed by atoms with Crippen LogP contribution in [-0.2, 0) is 19.6 Å². The number of piperidine rings is 1. The molecule has 2 aromatic carbocycles. The number of hydrogen-bond acceptors (Lipinski definition) is 7. The van der Waals surface area contributed by atoms with E-state index < -0.39 is 5.91 Å². The molecule has 1 fully saturated rings. The highest BCUT2D eigenvalue weighted by Gasteiger charge is 2.46. The van der Waals surface area contributed by atoms with E-state index in [4.69, 9.17) is 11.5 Å². The lowest BCUT2D eigenvalue weighted by Gasteiger charge is -2.42. The van der Waals surface area contributed by atoms with Crippen LogP contribution in [0.15, 0.2) is 54.9 Å². The zero-order valence-corrected chi connectivity index (χ0v) is 21.0. The first-order valence-electron chi connectivity index (χ1n) is 12.8. The Labute approximate surface area is 220 Å². The second kappa shape index (κ2) is 9.56. The monoisotopic (exact) mass is 507 g/mol. The molecule has 5 N–H and O–H groups in total. The number of anilines is 1. The molecule has 0 radical (unpaired) electrons. The van der Waals surface area contributed by atoms with Gasteiger partial charge < -0.3 is 21.5 Å². The van der Waals surface area contributed by atoms with Gasteiger partial charge in [0.1, 0.15) is 17.9 Å². The number of fused-ring (bicyclic) bond motifs is 2. The molecular weight excluding hydrogens is 478 g/mol. The molecule has 0 saturated carbocycles. The summed E-state index contributed by atoms with van der Waals surface area (Å²) in [6.45, 7) is 1.76. The summed E-state index contributed by atoms with van der Waals surface area (Å²) in [6.07, 6.45) is 6.29. The van der Waals surface area contributed by atoms with Crippen LogP contribution in [0.4, 0.5) is 5.82 Å². The average Bonchev–Trinajstić information content (AvgIpc) is 3.47. The molecule has 38 heavy (non-hydrogen) atoms. The van der Waals surface area contributed by atoms with E-state index >= 15 is 0 Å². The van der Waals surface area contributed by atoms with Gasteiger partial charge >= 0.3 is 0 Å². The van der Waals surface area contributed by atoms with Gasteiger partial charge in [0.15, 0.2) is 5.82 Å². The molecule has 1 spiro atoms. The van der Waals surface area contributed by atoms with Crippen LogP contribution in [0.5, 0.6) is 0 Å². The summed E-state index contributed by atoms with van der Waals surface area (Å²) in [6, 6.07) is 13.8. The molecule has 9 nitrogen and oxygen atoms in total. The maximum absolute atomic E-state index is 11.4. The molecule has 1 atom stereocenters.